The van der Waals surface area contributed by atoms with Crippen molar-refractivity contribution in [1.29, 1.82) is 0 Å². The molecule has 1 aliphatic carbocycles. The second kappa shape index (κ2) is 5.14. The summed E-state index contributed by atoms with van der Waals surface area (Å²) in [5.74, 6) is -0.000905. The summed E-state index contributed by atoms with van der Waals surface area (Å²) in [5.41, 5.74) is 5.68. The number of hydrogen-bond acceptors (Lipinski definition) is 5. The van der Waals surface area contributed by atoms with E-state index in [-0.39, 0.29) is 15.7 Å². The smallest absolute Gasteiger partial charge is 0.246 e. The quantitative estimate of drug-likeness (QED) is 0.891. The van der Waals surface area contributed by atoms with E-state index in [2.05, 4.69) is 9.88 Å². The minimum Gasteiger partial charge on any atom is -0.383 e. The Morgan fingerprint density at radius 3 is 2.50 bits per heavy atom. The summed E-state index contributed by atoms with van der Waals surface area (Å²) < 4.78 is 26.6. The number of aromatic nitrogens is 1. The second-order valence-corrected chi connectivity index (χ2v) is 7.55. The molecule has 0 spiro atoms. The predicted molar refractivity (Wildman–Crippen MR) is 77.0 cm³/mol. The Morgan fingerprint density at radius 1 is 1.25 bits per heavy atom. The first-order valence-electron chi connectivity index (χ1n) is 6.64. The van der Waals surface area contributed by atoms with Crippen molar-refractivity contribution >= 4 is 27.4 Å². The van der Waals surface area contributed by atoms with Crippen LogP contribution in [0.4, 0.5) is 5.82 Å². The summed E-state index contributed by atoms with van der Waals surface area (Å²) in [6.07, 6.45) is 3.82. The summed E-state index contributed by atoms with van der Waals surface area (Å²) in [7, 11) is -3.61. The van der Waals surface area contributed by atoms with Gasteiger partial charge in [-0.2, -0.15) is 4.31 Å². The van der Waals surface area contributed by atoms with E-state index >= 15 is 0 Å². The molecule has 1 aromatic heterocycles. The number of pyridine rings is 1. The van der Waals surface area contributed by atoms with Crippen LogP contribution < -0.4 is 5.73 Å². The van der Waals surface area contributed by atoms with Gasteiger partial charge in [0.15, 0.2) is 0 Å². The monoisotopic (exact) mass is 316 g/mol. The number of rotatable bonds is 3. The van der Waals surface area contributed by atoms with Crippen LogP contribution in [0.5, 0.6) is 0 Å². The first kappa shape index (κ1) is 14.1. The number of hydrogen-bond donors (Lipinski definition) is 1. The Labute approximate surface area is 123 Å². The third-order valence-electron chi connectivity index (χ3n) is 3.80. The molecule has 0 amide bonds. The van der Waals surface area contributed by atoms with Crippen molar-refractivity contribution in [3.63, 3.8) is 0 Å². The van der Waals surface area contributed by atoms with E-state index in [1.807, 2.05) is 0 Å². The first-order chi connectivity index (χ1) is 9.48. The topological polar surface area (TPSA) is 79.5 Å². The fraction of sp³-hybridized carbons (Fsp3) is 0.583. The van der Waals surface area contributed by atoms with Gasteiger partial charge in [-0.3, -0.25) is 4.90 Å². The lowest BCUT2D eigenvalue weighted by Crippen LogP contribution is -2.49. The molecule has 8 heteroatoms. The fourth-order valence-electron chi connectivity index (χ4n) is 2.53. The Balaban J connectivity index is 1.79. The van der Waals surface area contributed by atoms with Gasteiger partial charge < -0.3 is 5.73 Å². The maximum Gasteiger partial charge on any atom is 0.246 e. The van der Waals surface area contributed by atoms with Gasteiger partial charge in [-0.05, 0) is 18.9 Å². The zero-order valence-electron chi connectivity index (χ0n) is 11.0. The van der Waals surface area contributed by atoms with Crippen molar-refractivity contribution in [3.05, 3.63) is 17.3 Å². The van der Waals surface area contributed by atoms with Crippen molar-refractivity contribution in [1.82, 2.24) is 14.2 Å². The highest BCUT2D eigenvalue weighted by molar-refractivity contribution is 7.89. The molecule has 0 aromatic carbocycles. The molecular weight excluding hydrogens is 300 g/mol. The van der Waals surface area contributed by atoms with Crippen molar-refractivity contribution in [2.75, 3.05) is 31.9 Å². The summed E-state index contributed by atoms with van der Waals surface area (Å²) in [6.45, 7) is 2.53. The van der Waals surface area contributed by atoms with Gasteiger partial charge in [0.25, 0.3) is 0 Å². The Hall–Kier alpha value is -0.890. The van der Waals surface area contributed by atoms with Crippen LogP contribution >= 0.6 is 11.6 Å². The highest BCUT2D eigenvalue weighted by Crippen LogP contribution is 2.29. The molecule has 2 N–H and O–H groups in total. The molecule has 3 rings (SSSR count). The Kier molecular flexibility index (Phi) is 3.62. The van der Waals surface area contributed by atoms with Crippen molar-refractivity contribution in [2.45, 2.75) is 23.8 Å². The van der Waals surface area contributed by atoms with Crippen LogP contribution in [0.3, 0.4) is 0 Å². The van der Waals surface area contributed by atoms with E-state index < -0.39 is 10.0 Å². The lowest BCUT2D eigenvalue weighted by molar-refractivity contribution is 0.180. The molecule has 0 unspecified atom stereocenters. The van der Waals surface area contributed by atoms with Gasteiger partial charge in [0, 0.05) is 38.4 Å². The predicted octanol–water partition coefficient (Wildman–Crippen LogP) is 0.786. The standard InChI is InChI=1S/C12H17ClN4O2S/c13-9-7-11(12(14)15-8-9)20(18,19)17-5-3-16(4-6-17)10-1-2-10/h7-8,10H,1-6H2,(H2,14,15). The number of nitrogen functional groups attached to an aromatic ring is 1. The normalized spacial score (nSPS) is 22.1. The van der Waals surface area contributed by atoms with Gasteiger partial charge in [-0.15, -0.1) is 0 Å². The minimum absolute atomic E-state index is 0.000905. The van der Waals surface area contributed by atoms with Gasteiger partial charge in [0.05, 0.1) is 5.02 Å². The zero-order valence-corrected chi connectivity index (χ0v) is 12.6. The maximum absolute atomic E-state index is 12.6. The van der Waals surface area contributed by atoms with E-state index in [1.165, 1.54) is 29.4 Å². The molecule has 1 aliphatic heterocycles. The maximum atomic E-state index is 12.6. The molecule has 0 radical (unpaired) electrons. The van der Waals surface area contributed by atoms with Gasteiger partial charge in [-0.1, -0.05) is 11.6 Å². The summed E-state index contributed by atoms with van der Waals surface area (Å²) in [5, 5.41) is 0.273. The SMILES string of the molecule is Nc1ncc(Cl)cc1S(=O)(=O)N1CCN(C2CC2)CC1. The van der Waals surface area contributed by atoms with Gasteiger partial charge in [0.1, 0.15) is 10.7 Å². The Bertz CT molecular complexity index is 610. The highest BCUT2D eigenvalue weighted by atomic mass is 35.5. The molecule has 1 saturated carbocycles. The van der Waals surface area contributed by atoms with E-state index in [9.17, 15) is 8.42 Å². The molecule has 6 nitrogen and oxygen atoms in total. The number of nitrogens with zero attached hydrogens (tertiary/aromatic N) is 3. The first-order valence-corrected chi connectivity index (χ1v) is 8.45. The molecule has 2 fully saturated rings. The number of nitrogens with two attached hydrogens (primary N) is 1. The average molecular weight is 317 g/mol. The molecule has 20 heavy (non-hydrogen) atoms. The van der Waals surface area contributed by atoms with Crippen molar-refractivity contribution in [3.8, 4) is 0 Å². The number of halogens is 1. The molecule has 1 aromatic rings. The summed E-state index contributed by atoms with van der Waals surface area (Å²) in [4.78, 5) is 6.18. The lowest BCUT2D eigenvalue weighted by Gasteiger charge is -2.34. The van der Waals surface area contributed by atoms with E-state index in [1.54, 1.807) is 0 Å². The van der Waals surface area contributed by atoms with E-state index in [4.69, 9.17) is 17.3 Å². The highest BCUT2D eigenvalue weighted by Gasteiger charge is 2.35. The van der Waals surface area contributed by atoms with Crippen molar-refractivity contribution in [2.24, 2.45) is 0 Å². The molecule has 0 atom stereocenters. The average Bonchev–Trinajstić information content (AvgIpc) is 3.26. The third-order valence-corrected chi connectivity index (χ3v) is 5.94. The molecule has 110 valence electrons. The second-order valence-electron chi connectivity index (χ2n) is 5.21. The van der Waals surface area contributed by atoms with Crippen LogP contribution in [0.2, 0.25) is 5.02 Å². The third kappa shape index (κ3) is 2.63. The molecule has 2 heterocycles. The van der Waals surface area contributed by atoms with E-state index in [0.29, 0.717) is 19.1 Å². The number of anilines is 1. The van der Waals surface area contributed by atoms with Crippen LogP contribution in [-0.2, 0) is 10.0 Å². The van der Waals surface area contributed by atoms with Crippen molar-refractivity contribution < 1.29 is 8.42 Å². The summed E-state index contributed by atoms with van der Waals surface area (Å²) in [6, 6.07) is 2.03. The largest absolute Gasteiger partial charge is 0.383 e. The van der Waals surface area contributed by atoms with Gasteiger partial charge in [-0.25, -0.2) is 13.4 Å². The molecule has 1 saturated heterocycles. The molecule has 2 aliphatic rings. The minimum atomic E-state index is -3.61. The molecular formula is C12H17ClN4O2S. The molecule has 0 bridgehead atoms. The van der Waals surface area contributed by atoms with Gasteiger partial charge in [0.2, 0.25) is 10.0 Å². The van der Waals surface area contributed by atoms with Crippen LogP contribution in [0.25, 0.3) is 0 Å². The van der Waals surface area contributed by atoms with Crippen LogP contribution in [-0.4, -0.2) is 54.8 Å². The van der Waals surface area contributed by atoms with Crippen LogP contribution in [0.1, 0.15) is 12.8 Å². The fourth-order valence-corrected chi connectivity index (χ4v) is 4.26. The zero-order chi connectivity index (χ0) is 14.3. The van der Waals surface area contributed by atoms with Gasteiger partial charge >= 0.3 is 0 Å². The van der Waals surface area contributed by atoms with E-state index in [0.717, 1.165) is 13.1 Å². The summed E-state index contributed by atoms with van der Waals surface area (Å²) >= 11 is 5.83. The van der Waals surface area contributed by atoms with Crippen LogP contribution in [0.15, 0.2) is 17.2 Å². The number of sulfonamides is 1. The lowest BCUT2D eigenvalue weighted by atomic mass is 10.3. The van der Waals surface area contributed by atoms with Crippen LogP contribution in [0, 0.1) is 0 Å². The number of piperazine rings is 1. The Morgan fingerprint density at radius 2 is 1.90 bits per heavy atom.